The molecular weight excluding hydrogens is 705 g/mol. The number of anilines is 3. The van der Waals surface area contributed by atoms with E-state index in [1.165, 1.54) is 6.92 Å². The maximum absolute atomic E-state index is 12.4. The number of carbonyl (C=O) groups excluding carboxylic acids is 4. The predicted octanol–water partition coefficient (Wildman–Crippen LogP) is 6.94. The van der Waals surface area contributed by atoms with Crippen molar-refractivity contribution in [1.82, 2.24) is 16.3 Å². The fourth-order valence-corrected chi connectivity index (χ4v) is 7.03. The van der Waals surface area contributed by atoms with Gasteiger partial charge in [-0.25, -0.2) is 0 Å². The van der Waals surface area contributed by atoms with Gasteiger partial charge in [0.1, 0.15) is 12.5 Å². The molecule has 3 heterocycles. The average molecular weight is 753 g/mol. The minimum Gasteiger partial charge on any atom is -0.465 e. The number of esters is 1. The highest BCUT2D eigenvalue weighted by Gasteiger charge is 2.43. The van der Waals surface area contributed by atoms with E-state index in [9.17, 15) is 19.2 Å². The summed E-state index contributed by atoms with van der Waals surface area (Å²) in [5.41, 5.74) is 13.8. The molecule has 3 saturated heterocycles. The van der Waals surface area contributed by atoms with Crippen LogP contribution in [0.3, 0.4) is 0 Å². The molecule has 3 aliphatic rings. The van der Waals surface area contributed by atoms with Gasteiger partial charge in [0.2, 0.25) is 17.7 Å². The van der Waals surface area contributed by atoms with E-state index in [2.05, 4.69) is 35.3 Å². The van der Waals surface area contributed by atoms with Crippen LogP contribution in [0, 0.1) is 17.8 Å². The van der Waals surface area contributed by atoms with Gasteiger partial charge in [0.05, 0.1) is 47.0 Å². The van der Waals surface area contributed by atoms with Crippen molar-refractivity contribution in [1.29, 1.82) is 0 Å². The topological polar surface area (TPSA) is 123 Å². The van der Waals surface area contributed by atoms with Crippen LogP contribution in [0.15, 0.2) is 152 Å². The van der Waals surface area contributed by atoms with Crippen LogP contribution in [0.5, 0.6) is 0 Å². The Morgan fingerprint density at radius 1 is 0.500 bits per heavy atom. The lowest BCUT2D eigenvalue weighted by Gasteiger charge is -2.28. The Balaban J connectivity index is 0.000000147. The fraction of sp³-hybridized carbons (Fsp3) is 0.244. The number of para-hydroxylation sites is 3. The number of carbonyl (C=O) groups is 4. The molecule has 0 aliphatic carbocycles. The summed E-state index contributed by atoms with van der Waals surface area (Å²) in [5.74, 6) is -0.842. The predicted molar refractivity (Wildman–Crippen MR) is 217 cm³/mol. The highest BCUT2D eigenvalue weighted by molar-refractivity contribution is 5.87. The summed E-state index contributed by atoms with van der Waals surface area (Å²) in [4.78, 5) is 46.9. The van der Waals surface area contributed by atoms with Gasteiger partial charge in [-0.2, -0.15) is 0 Å². The normalized spacial score (nSPS) is 22.5. The second-order valence-corrected chi connectivity index (χ2v) is 14.0. The lowest BCUT2D eigenvalue weighted by Crippen LogP contribution is -2.37. The maximum atomic E-state index is 12.4. The van der Waals surface area contributed by atoms with Gasteiger partial charge in [-0.1, -0.05) is 129 Å². The van der Waals surface area contributed by atoms with Crippen LogP contribution in [-0.4, -0.2) is 36.3 Å². The summed E-state index contributed by atoms with van der Waals surface area (Å²) in [6.07, 6.45) is 0. The Bertz CT molecular complexity index is 2060. The van der Waals surface area contributed by atoms with Gasteiger partial charge in [-0.3, -0.25) is 50.5 Å². The van der Waals surface area contributed by atoms with Crippen LogP contribution in [-0.2, 0) is 23.9 Å². The van der Waals surface area contributed by atoms with Crippen LogP contribution >= 0.6 is 0 Å². The van der Waals surface area contributed by atoms with Crippen LogP contribution < -0.4 is 31.3 Å². The van der Waals surface area contributed by atoms with Crippen molar-refractivity contribution in [2.75, 3.05) is 21.6 Å². The molecule has 11 heteroatoms. The summed E-state index contributed by atoms with van der Waals surface area (Å²) < 4.78 is 5.11. The number of nitrogens with one attached hydrogen (secondary N) is 3. The molecule has 5 aromatic carbocycles. The number of benzene rings is 5. The van der Waals surface area contributed by atoms with Crippen molar-refractivity contribution in [3.63, 3.8) is 0 Å². The molecule has 3 aliphatic heterocycles. The van der Waals surface area contributed by atoms with E-state index < -0.39 is 5.92 Å². The molecular formula is C45H48N6O5. The second kappa shape index (κ2) is 18.1. The zero-order chi connectivity index (χ0) is 39.6. The Hall–Kier alpha value is -6.62. The number of nitrogens with zero attached hydrogens (tertiary/aromatic N) is 3. The Morgan fingerprint density at radius 2 is 0.857 bits per heavy atom. The zero-order valence-electron chi connectivity index (χ0n) is 32.0. The van der Waals surface area contributed by atoms with Crippen molar-refractivity contribution in [3.8, 4) is 0 Å². The van der Waals surface area contributed by atoms with Crippen LogP contribution in [0.2, 0.25) is 0 Å². The van der Waals surface area contributed by atoms with Crippen molar-refractivity contribution in [2.24, 2.45) is 17.8 Å². The number of rotatable bonds is 7. The second-order valence-electron chi connectivity index (χ2n) is 14.0. The largest absolute Gasteiger partial charge is 0.465 e. The van der Waals surface area contributed by atoms with Crippen LogP contribution in [0.4, 0.5) is 17.1 Å². The molecule has 0 spiro atoms. The molecule has 8 rings (SSSR count). The third-order valence-electron chi connectivity index (χ3n) is 10.2. The molecule has 6 unspecified atom stereocenters. The van der Waals surface area contributed by atoms with Crippen LogP contribution in [0.1, 0.15) is 50.9 Å². The number of ether oxygens (including phenoxy) is 1. The molecule has 0 aromatic heterocycles. The average Bonchev–Trinajstić information content (AvgIpc) is 3.83. The van der Waals surface area contributed by atoms with Gasteiger partial charge in [0.15, 0.2) is 0 Å². The van der Waals surface area contributed by atoms with Crippen molar-refractivity contribution in [3.05, 3.63) is 163 Å². The zero-order valence-corrected chi connectivity index (χ0v) is 32.0. The molecule has 56 heavy (non-hydrogen) atoms. The minimum absolute atomic E-state index is 0.0381. The first-order valence-electron chi connectivity index (χ1n) is 18.8. The highest BCUT2D eigenvalue weighted by Crippen LogP contribution is 2.37. The summed E-state index contributed by atoms with van der Waals surface area (Å²) in [6.45, 7) is 7.37. The van der Waals surface area contributed by atoms with E-state index in [1.54, 1.807) is 0 Å². The Kier molecular flexibility index (Phi) is 12.7. The van der Waals surface area contributed by atoms with Crippen LogP contribution in [0.25, 0.3) is 0 Å². The van der Waals surface area contributed by atoms with E-state index in [0.717, 1.165) is 28.2 Å². The van der Waals surface area contributed by atoms with Gasteiger partial charge >= 0.3 is 5.97 Å². The first-order valence-corrected chi connectivity index (χ1v) is 18.8. The van der Waals surface area contributed by atoms with Gasteiger partial charge in [0, 0.05) is 6.92 Å². The number of hydrazine groups is 3. The molecule has 0 saturated carbocycles. The summed E-state index contributed by atoms with van der Waals surface area (Å²) in [5, 5.41) is 5.72. The molecule has 0 bridgehead atoms. The monoisotopic (exact) mass is 752 g/mol. The molecule has 3 N–H and O–H groups in total. The third-order valence-corrected chi connectivity index (χ3v) is 10.2. The minimum atomic E-state index is -0.457. The lowest BCUT2D eigenvalue weighted by molar-refractivity contribution is -0.143. The summed E-state index contributed by atoms with van der Waals surface area (Å²) in [6, 6.07) is 49.4. The molecule has 3 fully saturated rings. The molecule has 6 atom stereocenters. The third kappa shape index (κ3) is 9.01. The maximum Gasteiger partial charge on any atom is 0.302 e. The van der Waals surface area contributed by atoms with Gasteiger partial charge in [0.25, 0.3) is 0 Å². The van der Waals surface area contributed by atoms with Crippen molar-refractivity contribution in [2.45, 2.75) is 45.8 Å². The van der Waals surface area contributed by atoms with Gasteiger partial charge in [-0.05, 0) is 54.4 Å². The highest BCUT2D eigenvalue weighted by atomic mass is 16.5. The Labute approximate surface area is 328 Å². The van der Waals surface area contributed by atoms with E-state index in [-0.39, 0.29) is 60.3 Å². The van der Waals surface area contributed by atoms with Gasteiger partial charge < -0.3 is 4.74 Å². The molecule has 288 valence electrons. The smallest absolute Gasteiger partial charge is 0.302 e. The SMILES string of the molecule is CC(=O)OCC1C(=O)NN(c2ccccc2)C1c1ccccc1.CC1C(=O)NN(c2ccccc2)C1C.CC1C(=O)NN(c2ccccc2)C1c1ccccc1. The molecule has 5 aromatic rings. The quantitative estimate of drug-likeness (QED) is 0.153. The summed E-state index contributed by atoms with van der Waals surface area (Å²) >= 11 is 0. The Morgan fingerprint density at radius 3 is 1.29 bits per heavy atom. The number of hydrogen-bond donors (Lipinski definition) is 3. The molecule has 0 radical (unpaired) electrons. The first-order chi connectivity index (χ1) is 27.1. The van der Waals surface area contributed by atoms with Crippen molar-refractivity contribution >= 4 is 40.8 Å². The van der Waals surface area contributed by atoms with E-state index in [1.807, 2.05) is 168 Å². The fourth-order valence-electron chi connectivity index (χ4n) is 7.03. The number of hydrogen-bond acceptors (Lipinski definition) is 8. The van der Waals surface area contributed by atoms with Gasteiger partial charge in [-0.15, -0.1) is 0 Å². The standard InChI is InChI=1S/C18H18N2O3.C16H16N2O.C11H14N2O/c1-13(21)23-12-16-17(14-8-4-2-5-9-14)20(19-18(16)22)15-10-6-3-7-11-15;1-12-15(13-8-4-2-5-9-13)18(17-16(12)19)14-10-6-3-7-11-14;1-8-9(2)13(12-11(8)14)10-6-4-3-5-7-10/h2-11,16-17H,12H2,1H3,(H,19,22);2-12,15H,1H3,(H,17,19);3-9H,1-2H3,(H,12,14). The van der Waals surface area contributed by atoms with E-state index in [4.69, 9.17) is 4.74 Å². The number of amides is 3. The molecule has 11 nitrogen and oxygen atoms in total. The lowest BCUT2D eigenvalue weighted by atomic mass is 9.94. The van der Waals surface area contributed by atoms with E-state index in [0.29, 0.717) is 0 Å². The van der Waals surface area contributed by atoms with Crippen molar-refractivity contribution < 1.29 is 23.9 Å². The first kappa shape index (κ1) is 39.1. The summed E-state index contributed by atoms with van der Waals surface area (Å²) in [7, 11) is 0. The van der Waals surface area contributed by atoms with E-state index >= 15 is 0 Å². The molecule has 3 amide bonds.